The van der Waals surface area contributed by atoms with Crippen LogP contribution in [0.4, 0.5) is 0 Å². The summed E-state index contributed by atoms with van der Waals surface area (Å²) in [6.07, 6.45) is 3.70. The number of hydrogen-bond acceptors (Lipinski definition) is 3. The molecule has 0 aromatic heterocycles. The van der Waals surface area contributed by atoms with Crippen LogP contribution in [0.1, 0.15) is 19.3 Å². The number of benzene rings is 1. The van der Waals surface area contributed by atoms with Gasteiger partial charge in [-0.15, -0.1) is 24.0 Å². The van der Waals surface area contributed by atoms with Crippen molar-refractivity contribution in [2.24, 2.45) is 10.9 Å². The zero-order chi connectivity index (χ0) is 16.3. The van der Waals surface area contributed by atoms with Crippen molar-refractivity contribution in [3.63, 3.8) is 0 Å². The molecule has 1 aliphatic carbocycles. The molecule has 0 aliphatic heterocycles. The molecular weight excluding hydrogens is 417 g/mol. The SMILES string of the molecule is CN=C(NCCCOCC1CC1)N(C)CCOc1ccccc1.I. The molecule has 5 nitrogen and oxygen atoms in total. The summed E-state index contributed by atoms with van der Waals surface area (Å²) >= 11 is 0. The van der Waals surface area contributed by atoms with E-state index in [1.54, 1.807) is 7.05 Å². The van der Waals surface area contributed by atoms with Crippen LogP contribution in [0, 0.1) is 5.92 Å². The van der Waals surface area contributed by atoms with Crippen LogP contribution in [-0.4, -0.2) is 57.9 Å². The Morgan fingerprint density at radius 2 is 2.00 bits per heavy atom. The van der Waals surface area contributed by atoms with E-state index in [0.717, 1.165) is 50.4 Å². The zero-order valence-corrected chi connectivity index (χ0v) is 17.1. The summed E-state index contributed by atoms with van der Waals surface area (Å²) in [5.74, 6) is 2.63. The quantitative estimate of drug-likeness (QED) is 0.259. The Morgan fingerprint density at radius 3 is 2.67 bits per heavy atom. The molecule has 0 unspecified atom stereocenters. The van der Waals surface area contributed by atoms with Gasteiger partial charge in [-0.1, -0.05) is 18.2 Å². The Balaban J connectivity index is 0.00000288. The van der Waals surface area contributed by atoms with Crippen LogP contribution in [0.2, 0.25) is 0 Å². The lowest BCUT2D eigenvalue weighted by Gasteiger charge is -2.22. The van der Waals surface area contributed by atoms with Crippen LogP contribution >= 0.6 is 24.0 Å². The van der Waals surface area contributed by atoms with E-state index in [1.807, 2.05) is 37.4 Å². The first-order valence-electron chi connectivity index (χ1n) is 8.47. The average molecular weight is 447 g/mol. The smallest absolute Gasteiger partial charge is 0.193 e. The maximum absolute atomic E-state index is 5.71. The van der Waals surface area contributed by atoms with E-state index in [0.29, 0.717) is 6.61 Å². The van der Waals surface area contributed by atoms with E-state index in [1.165, 1.54) is 12.8 Å². The van der Waals surface area contributed by atoms with Crippen molar-refractivity contribution < 1.29 is 9.47 Å². The van der Waals surface area contributed by atoms with Crippen LogP contribution in [0.15, 0.2) is 35.3 Å². The van der Waals surface area contributed by atoms with Crippen LogP contribution in [0.3, 0.4) is 0 Å². The second-order valence-electron chi connectivity index (χ2n) is 5.93. The molecule has 2 rings (SSSR count). The molecule has 0 spiro atoms. The molecule has 1 saturated carbocycles. The number of guanidine groups is 1. The van der Waals surface area contributed by atoms with Gasteiger partial charge in [0, 0.05) is 33.9 Å². The average Bonchev–Trinajstić information content (AvgIpc) is 3.39. The van der Waals surface area contributed by atoms with Crippen molar-refractivity contribution in [1.82, 2.24) is 10.2 Å². The van der Waals surface area contributed by atoms with Gasteiger partial charge in [-0.05, 0) is 37.3 Å². The third-order valence-corrected chi connectivity index (χ3v) is 3.81. The lowest BCUT2D eigenvalue weighted by Crippen LogP contribution is -2.41. The Kier molecular flexibility index (Phi) is 10.8. The largest absolute Gasteiger partial charge is 0.492 e. The van der Waals surface area contributed by atoms with E-state index in [9.17, 15) is 0 Å². The molecule has 1 aromatic carbocycles. The topological polar surface area (TPSA) is 46.1 Å². The fraction of sp³-hybridized carbons (Fsp3) is 0.611. The standard InChI is InChI=1S/C18H29N3O2.HI/c1-19-18(20-11-6-13-22-15-16-9-10-16)21(2)12-14-23-17-7-4-3-5-8-17;/h3-5,7-8,16H,6,9-15H2,1-2H3,(H,19,20);1H. The first-order valence-corrected chi connectivity index (χ1v) is 8.47. The van der Waals surface area contributed by atoms with Crippen molar-refractivity contribution in [3.05, 3.63) is 30.3 Å². The van der Waals surface area contributed by atoms with Gasteiger partial charge in [-0.2, -0.15) is 0 Å². The highest BCUT2D eigenvalue weighted by atomic mass is 127. The molecule has 0 amide bonds. The monoisotopic (exact) mass is 447 g/mol. The molecule has 24 heavy (non-hydrogen) atoms. The number of likely N-dealkylation sites (N-methyl/N-ethyl adjacent to an activating group) is 1. The van der Waals surface area contributed by atoms with Gasteiger partial charge in [-0.3, -0.25) is 4.99 Å². The van der Waals surface area contributed by atoms with Crippen molar-refractivity contribution in [2.45, 2.75) is 19.3 Å². The third-order valence-electron chi connectivity index (χ3n) is 3.81. The predicted molar refractivity (Wildman–Crippen MR) is 110 cm³/mol. The lowest BCUT2D eigenvalue weighted by molar-refractivity contribution is 0.122. The van der Waals surface area contributed by atoms with Gasteiger partial charge in [0.15, 0.2) is 5.96 Å². The molecule has 0 atom stereocenters. The summed E-state index contributed by atoms with van der Waals surface area (Å²) in [5, 5.41) is 3.36. The van der Waals surface area contributed by atoms with Gasteiger partial charge >= 0.3 is 0 Å². The summed E-state index contributed by atoms with van der Waals surface area (Å²) in [6, 6.07) is 9.87. The Hall–Kier alpha value is -1.02. The second kappa shape index (κ2) is 12.4. The minimum atomic E-state index is 0. The van der Waals surface area contributed by atoms with Gasteiger partial charge in [0.1, 0.15) is 12.4 Å². The van der Waals surface area contributed by atoms with E-state index in [-0.39, 0.29) is 24.0 Å². The highest BCUT2D eigenvalue weighted by Gasteiger charge is 2.20. The summed E-state index contributed by atoms with van der Waals surface area (Å²) in [4.78, 5) is 6.38. The maximum atomic E-state index is 5.71. The van der Waals surface area contributed by atoms with Crippen molar-refractivity contribution >= 4 is 29.9 Å². The Labute approximate surface area is 162 Å². The van der Waals surface area contributed by atoms with Gasteiger partial charge in [0.2, 0.25) is 0 Å². The number of ether oxygens (including phenoxy) is 2. The summed E-state index contributed by atoms with van der Waals surface area (Å²) < 4.78 is 11.3. The minimum absolute atomic E-state index is 0. The van der Waals surface area contributed by atoms with Gasteiger partial charge in [0.05, 0.1) is 6.54 Å². The van der Waals surface area contributed by atoms with Crippen molar-refractivity contribution in [3.8, 4) is 5.75 Å². The number of aliphatic imine (C=N–C) groups is 1. The van der Waals surface area contributed by atoms with E-state index in [4.69, 9.17) is 9.47 Å². The first kappa shape index (κ1) is 21.0. The van der Waals surface area contributed by atoms with Gasteiger partial charge < -0.3 is 19.7 Å². The first-order chi connectivity index (χ1) is 11.3. The number of nitrogens with one attached hydrogen (secondary N) is 1. The normalized spacial score (nSPS) is 14.0. The fourth-order valence-electron chi connectivity index (χ4n) is 2.22. The number of para-hydroxylation sites is 1. The molecule has 0 saturated heterocycles. The molecule has 1 N–H and O–H groups in total. The number of nitrogens with zero attached hydrogens (tertiary/aromatic N) is 2. The fourth-order valence-corrected chi connectivity index (χ4v) is 2.22. The molecule has 1 aliphatic rings. The van der Waals surface area contributed by atoms with E-state index in [2.05, 4.69) is 15.2 Å². The molecule has 0 bridgehead atoms. The summed E-state index contributed by atoms with van der Waals surface area (Å²) in [5.41, 5.74) is 0. The molecular formula is C18H30IN3O2. The number of hydrogen-bond donors (Lipinski definition) is 1. The van der Waals surface area contributed by atoms with Gasteiger partial charge in [-0.25, -0.2) is 0 Å². The minimum Gasteiger partial charge on any atom is -0.492 e. The van der Waals surface area contributed by atoms with Gasteiger partial charge in [0.25, 0.3) is 0 Å². The molecule has 136 valence electrons. The highest BCUT2D eigenvalue weighted by molar-refractivity contribution is 14.0. The van der Waals surface area contributed by atoms with E-state index < -0.39 is 0 Å². The molecule has 1 fully saturated rings. The zero-order valence-electron chi connectivity index (χ0n) is 14.7. The van der Waals surface area contributed by atoms with Crippen molar-refractivity contribution in [1.29, 1.82) is 0 Å². The Bertz CT molecular complexity index is 467. The number of rotatable bonds is 10. The van der Waals surface area contributed by atoms with Crippen LogP contribution in [0.25, 0.3) is 0 Å². The van der Waals surface area contributed by atoms with Crippen LogP contribution in [-0.2, 0) is 4.74 Å². The summed E-state index contributed by atoms with van der Waals surface area (Å²) in [6.45, 7) is 4.05. The lowest BCUT2D eigenvalue weighted by atomic mass is 10.3. The summed E-state index contributed by atoms with van der Waals surface area (Å²) in [7, 11) is 3.83. The maximum Gasteiger partial charge on any atom is 0.193 e. The number of halogens is 1. The van der Waals surface area contributed by atoms with Crippen LogP contribution in [0.5, 0.6) is 5.75 Å². The third kappa shape index (κ3) is 8.73. The molecule has 0 radical (unpaired) electrons. The Morgan fingerprint density at radius 1 is 1.25 bits per heavy atom. The highest BCUT2D eigenvalue weighted by Crippen LogP contribution is 2.28. The molecule has 0 heterocycles. The van der Waals surface area contributed by atoms with E-state index >= 15 is 0 Å². The second-order valence-corrected chi connectivity index (χ2v) is 5.93. The predicted octanol–water partition coefficient (Wildman–Crippen LogP) is 3.01. The van der Waals surface area contributed by atoms with Crippen molar-refractivity contribution in [2.75, 3.05) is 47.0 Å². The van der Waals surface area contributed by atoms with Crippen LogP contribution < -0.4 is 10.1 Å². The molecule has 6 heteroatoms. The molecule has 1 aromatic rings.